The third kappa shape index (κ3) is 5.84. The highest BCUT2D eigenvalue weighted by molar-refractivity contribution is 5.91. The number of carbonyl (C=O) groups excluding carboxylic acids is 3. The minimum Gasteiger partial charge on any atom is -0.469 e. The van der Waals surface area contributed by atoms with E-state index in [9.17, 15) is 23.2 Å². The van der Waals surface area contributed by atoms with Crippen LogP contribution in [0.1, 0.15) is 56.0 Å². The van der Waals surface area contributed by atoms with Crippen LogP contribution in [0.5, 0.6) is 0 Å². The van der Waals surface area contributed by atoms with Crippen LogP contribution in [0.2, 0.25) is 0 Å². The molecule has 1 aromatic carbocycles. The van der Waals surface area contributed by atoms with E-state index in [0.717, 1.165) is 7.11 Å². The van der Waals surface area contributed by atoms with E-state index in [4.69, 9.17) is 4.74 Å². The van der Waals surface area contributed by atoms with Crippen molar-refractivity contribution in [3.63, 3.8) is 0 Å². The van der Waals surface area contributed by atoms with Crippen molar-refractivity contribution in [1.29, 1.82) is 0 Å². The number of benzene rings is 1. The lowest BCUT2D eigenvalue weighted by molar-refractivity contribution is -0.160. The smallest absolute Gasteiger partial charge is 0.338 e. The van der Waals surface area contributed by atoms with Crippen LogP contribution in [0.15, 0.2) is 24.3 Å². The second-order valence-electron chi connectivity index (χ2n) is 8.18. The quantitative estimate of drug-likeness (QED) is 0.704. The molecule has 0 aliphatic heterocycles. The standard InChI is InChI=1S/C21H26F2O5/c1-20(2,3)28-18(25)14-7-5-13(6-8-14)11-17(24)15-9-10-21(22,23)12-16(15)19(26)27-4/h5-8,15-16H,9-12H2,1-4H3/t15-,16-/m1/s1. The predicted molar refractivity (Wildman–Crippen MR) is 98.1 cm³/mol. The summed E-state index contributed by atoms with van der Waals surface area (Å²) >= 11 is 0. The zero-order chi connectivity index (χ0) is 21.1. The molecule has 0 unspecified atom stereocenters. The Labute approximate surface area is 163 Å². The average Bonchev–Trinajstić information content (AvgIpc) is 2.59. The molecular formula is C21H26F2O5. The highest BCUT2D eigenvalue weighted by atomic mass is 19.3. The molecule has 0 bridgehead atoms. The lowest BCUT2D eigenvalue weighted by Crippen LogP contribution is -2.41. The van der Waals surface area contributed by atoms with Gasteiger partial charge >= 0.3 is 11.9 Å². The monoisotopic (exact) mass is 396 g/mol. The first-order valence-electron chi connectivity index (χ1n) is 9.22. The largest absolute Gasteiger partial charge is 0.469 e. The van der Waals surface area contributed by atoms with Crippen LogP contribution in [0.25, 0.3) is 0 Å². The number of hydrogen-bond donors (Lipinski definition) is 0. The normalized spacial score (nSPS) is 21.6. The predicted octanol–water partition coefficient (Wildman–Crippen LogP) is 3.98. The van der Waals surface area contributed by atoms with Gasteiger partial charge in [-0.1, -0.05) is 12.1 Å². The number of carbonyl (C=O) groups is 3. The molecule has 1 saturated carbocycles. The number of halogens is 2. The van der Waals surface area contributed by atoms with Gasteiger partial charge in [-0.2, -0.15) is 0 Å². The van der Waals surface area contributed by atoms with Crippen molar-refractivity contribution in [3.05, 3.63) is 35.4 Å². The summed E-state index contributed by atoms with van der Waals surface area (Å²) in [5.41, 5.74) is 0.381. The molecule has 0 heterocycles. The van der Waals surface area contributed by atoms with Crippen molar-refractivity contribution >= 4 is 17.7 Å². The van der Waals surface area contributed by atoms with E-state index in [0.29, 0.717) is 11.1 Å². The SMILES string of the molecule is COC(=O)[C@@H]1CC(F)(F)CC[C@H]1C(=O)Cc1ccc(C(=O)OC(C)(C)C)cc1. The Hall–Kier alpha value is -2.31. The third-order valence-electron chi connectivity index (χ3n) is 4.71. The summed E-state index contributed by atoms with van der Waals surface area (Å²) in [6.45, 7) is 5.30. The number of ether oxygens (including phenoxy) is 2. The van der Waals surface area contributed by atoms with Crippen molar-refractivity contribution in [1.82, 2.24) is 0 Å². The number of rotatable bonds is 5. The summed E-state index contributed by atoms with van der Waals surface area (Å²) in [6, 6.07) is 6.37. The van der Waals surface area contributed by atoms with Crippen LogP contribution < -0.4 is 0 Å². The first kappa shape index (κ1) is 22.0. The highest BCUT2D eigenvalue weighted by Gasteiger charge is 2.47. The average molecular weight is 396 g/mol. The maximum atomic E-state index is 13.7. The Morgan fingerprint density at radius 2 is 1.71 bits per heavy atom. The topological polar surface area (TPSA) is 69.7 Å². The van der Waals surface area contributed by atoms with Crippen LogP contribution in [-0.2, 0) is 25.5 Å². The molecule has 1 aromatic rings. The fraction of sp³-hybridized carbons (Fsp3) is 0.571. The van der Waals surface area contributed by atoms with Crippen LogP contribution in [0.4, 0.5) is 8.78 Å². The van der Waals surface area contributed by atoms with E-state index in [1.54, 1.807) is 45.0 Å². The second kappa shape index (κ2) is 8.37. The van der Waals surface area contributed by atoms with Gasteiger partial charge in [0.05, 0.1) is 18.6 Å². The van der Waals surface area contributed by atoms with Crippen LogP contribution in [0.3, 0.4) is 0 Å². The Kier molecular flexibility index (Phi) is 6.57. The van der Waals surface area contributed by atoms with Gasteiger partial charge in [-0.15, -0.1) is 0 Å². The minimum absolute atomic E-state index is 0.00166. The van der Waals surface area contributed by atoms with Gasteiger partial charge in [-0.25, -0.2) is 13.6 Å². The maximum Gasteiger partial charge on any atom is 0.338 e. The first-order valence-corrected chi connectivity index (χ1v) is 9.22. The molecule has 2 rings (SSSR count). The number of ketones is 1. The van der Waals surface area contributed by atoms with Gasteiger partial charge in [0.15, 0.2) is 0 Å². The lowest BCUT2D eigenvalue weighted by atomic mass is 9.74. The van der Waals surface area contributed by atoms with E-state index in [1.165, 1.54) is 0 Å². The van der Waals surface area contributed by atoms with E-state index in [1.807, 2.05) is 0 Å². The Balaban J connectivity index is 2.07. The maximum absolute atomic E-state index is 13.7. The molecule has 2 atom stereocenters. The molecule has 28 heavy (non-hydrogen) atoms. The molecule has 0 radical (unpaired) electrons. The molecule has 0 saturated heterocycles. The lowest BCUT2D eigenvalue weighted by Gasteiger charge is -2.33. The molecule has 7 heteroatoms. The van der Waals surface area contributed by atoms with Gasteiger partial charge in [0.2, 0.25) is 5.92 Å². The van der Waals surface area contributed by atoms with Crippen molar-refractivity contribution < 1.29 is 32.6 Å². The van der Waals surface area contributed by atoms with Crippen molar-refractivity contribution in [3.8, 4) is 0 Å². The number of methoxy groups -OCH3 is 1. The zero-order valence-corrected chi connectivity index (χ0v) is 16.6. The van der Waals surface area contributed by atoms with Crippen LogP contribution in [-0.4, -0.2) is 36.4 Å². The molecule has 0 spiro atoms. The fourth-order valence-electron chi connectivity index (χ4n) is 3.35. The molecule has 0 aromatic heterocycles. The third-order valence-corrected chi connectivity index (χ3v) is 4.71. The molecule has 1 fully saturated rings. The summed E-state index contributed by atoms with van der Waals surface area (Å²) in [7, 11) is 1.13. The number of Topliss-reactive ketones (excluding diaryl/α,β-unsaturated/α-hetero) is 1. The molecule has 1 aliphatic carbocycles. The second-order valence-corrected chi connectivity index (χ2v) is 8.18. The molecular weight excluding hydrogens is 370 g/mol. The summed E-state index contributed by atoms with van der Waals surface area (Å²) < 4.78 is 37.3. The van der Waals surface area contributed by atoms with E-state index >= 15 is 0 Å². The summed E-state index contributed by atoms with van der Waals surface area (Å²) in [5, 5.41) is 0. The molecule has 1 aliphatic rings. The highest BCUT2D eigenvalue weighted by Crippen LogP contribution is 2.41. The van der Waals surface area contributed by atoms with Crippen molar-refractivity contribution in [2.75, 3.05) is 7.11 Å². The molecule has 154 valence electrons. The van der Waals surface area contributed by atoms with Gasteiger partial charge in [0, 0.05) is 25.2 Å². The minimum atomic E-state index is -2.97. The van der Waals surface area contributed by atoms with E-state index in [2.05, 4.69) is 4.74 Å². The van der Waals surface area contributed by atoms with Gasteiger partial charge in [0.25, 0.3) is 0 Å². The Bertz CT molecular complexity index is 734. The summed E-state index contributed by atoms with van der Waals surface area (Å²) in [5.74, 6) is -6.43. The van der Waals surface area contributed by atoms with Crippen molar-refractivity contribution in [2.45, 2.75) is 58.0 Å². The molecule has 5 nitrogen and oxygen atoms in total. The fourth-order valence-corrected chi connectivity index (χ4v) is 3.35. The van der Waals surface area contributed by atoms with Gasteiger partial charge < -0.3 is 9.47 Å². The summed E-state index contributed by atoms with van der Waals surface area (Å²) in [6.07, 6.45) is -1.15. The van der Waals surface area contributed by atoms with Gasteiger partial charge in [-0.3, -0.25) is 9.59 Å². The first-order chi connectivity index (χ1) is 12.9. The number of esters is 2. The van der Waals surface area contributed by atoms with Gasteiger partial charge in [0.1, 0.15) is 11.4 Å². The number of hydrogen-bond acceptors (Lipinski definition) is 5. The van der Waals surface area contributed by atoms with Crippen LogP contribution >= 0.6 is 0 Å². The zero-order valence-electron chi connectivity index (χ0n) is 16.6. The Morgan fingerprint density at radius 1 is 1.11 bits per heavy atom. The molecule has 0 N–H and O–H groups in total. The van der Waals surface area contributed by atoms with E-state index < -0.39 is 48.1 Å². The van der Waals surface area contributed by atoms with Crippen molar-refractivity contribution in [2.24, 2.45) is 11.8 Å². The Morgan fingerprint density at radius 3 is 2.25 bits per heavy atom. The summed E-state index contributed by atoms with van der Waals surface area (Å²) in [4.78, 5) is 36.6. The van der Waals surface area contributed by atoms with Gasteiger partial charge in [-0.05, 0) is 44.9 Å². The van der Waals surface area contributed by atoms with Crippen LogP contribution in [0, 0.1) is 11.8 Å². The number of alkyl halides is 2. The molecule has 0 amide bonds. The van der Waals surface area contributed by atoms with E-state index in [-0.39, 0.29) is 18.6 Å².